The average molecular weight is 237 g/mol. The van der Waals surface area contributed by atoms with Gasteiger partial charge in [-0.25, -0.2) is 0 Å². The topological polar surface area (TPSA) is 12.0 Å². The van der Waals surface area contributed by atoms with Gasteiger partial charge in [0.1, 0.15) is 0 Å². The van der Waals surface area contributed by atoms with Crippen LogP contribution in [-0.4, -0.2) is 21.0 Å². The van der Waals surface area contributed by atoms with E-state index in [1.807, 2.05) is 0 Å². The Kier molecular flexibility index (Phi) is 7.26. The van der Waals surface area contributed by atoms with Gasteiger partial charge >= 0.3 is 0 Å². The molecule has 2 heteroatoms. The molecule has 0 aromatic carbocycles. The summed E-state index contributed by atoms with van der Waals surface area (Å²) < 4.78 is 0. The molecule has 1 nitrogen and oxygen atoms in total. The molecule has 0 radical (unpaired) electrons. The molecule has 0 spiro atoms. The zero-order valence-electron chi connectivity index (χ0n) is 11.0. The van der Waals surface area contributed by atoms with Crippen LogP contribution in [0.5, 0.6) is 0 Å². The fourth-order valence-electron chi connectivity index (χ4n) is 3.94. The Hall–Kier alpha value is 0.0249. The SMILES string of the molecule is B.CCNC(C1CCCCC1)C1CCCCC1. The Balaban J connectivity index is 0.00000144. The molecule has 0 amide bonds. The minimum absolute atomic E-state index is 0. The zero-order chi connectivity index (χ0) is 11.2. The van der Waals surface area contributed by atoms with Gasteiger partial charge in [-0.15, -0.1) is 0 Å². The summed E-state index contributed by atoms with van der Waals surface area (Å²) >= 11 is 0. The van der Waals surface area contributed by atoms with Gasteiger partial charge in [-0.05, 0) is 44.1 Å². The molecule has 0 saturated heterocycles. The van der Waals surface area contributed by atoms with Crippen LogP contribution in [0.15, 0.2) is 0 Å². The van der Waals surface area contributed by atoms with Crippen LogP contribution in [0.1, 0.15) is 71.1 Å². The third kappa shape index (κ3) is 4.32. The predicted molar refractivity (Wildman–Crippen MR) is 80.6 cm³/mol. The van der Waals surface area contributed by atoms with E-state index < -0.39 is 0 Å². The molecule has 2 saturated carbocycles. The van der Waals surface area contributed by atoms with E-state index in [1.54, 1.807) is 0 Å². The summed E-state index contributed by atoms with van der Waals surface area (Å²) in [4.78, 5) is 0. The Labute approximate surface area is 110 Å². The second-order valence-corrected chi connectivity index (χ2v) is 5.88. The van der Waals surface area contributed by atoms with E-state index in [1.165, 1.54) is 64.2 Å². The van der Waals surface area contributed by atoms with Gasteiger partial charge in [-0.2, -0.15) is 0 Å². The second-order valence-electron chi connectivity index (χ2n) is 5.88. The van der Waals surface area contributed by atoms with E-state index in [-0.39, 0.29) is 8.41 Å². The zero-order valence-corrected chi connectivity index (χ0v) is 11.0. The van der Waals surface area contributed by atoms with Crippen LogP contribution in [0, 0.1) is 11.8 Å². The highest BCUT2D eigenvalue weighted by Crippen LogP contribution is 2.35. The predicted octanol–water partition coefficient (Wildman–Crippen LogP) is 2.94. The lowest BCUT2D eigenvalue weighted by atomic mass is 9.74. The summed E-state index contributed by atoms with van der Waals surface area (Å²) in [5.74, 6) is 1.99. The molecule has 2 fully saturated rings. The molecule has 0 aromatic rings. The first-order valence-electron chi connectivity index (χ1n) is 7.65. The van der Waals surface area contributed by atoms with Crippen LogP contribution in [0.2, 0.25) is 0 Å². The maximum absolute atomic E-state index is 3.82. The van der Waals surface area contributed by atoms with Gasteiger partial charge in [0.05, 0.1) is 8.41 Å². The molecule has 2 aliphatic rings. The second kappa shape index (κ2) is 8.18. The summed E-state index contributed by atoms with van der Waals surface area (Å²) in [6.45, 7) is 3.44. The lowest BCUT2D eigenvalue weighted by Gasteiger charge is -2.38. The normalized spacial score (nSPS) is 23.6. The molecule has 2 rings (SSSR count). The molecular formula is C15H32BN. The first-order chi connectivity index (χ1) is 7.92. The number of hydrogen-bond donors (Lipinski definition) is 1. The largest absolute Gasteiger partial charge is 0.314 e. The average Bonchev–Trinajstić information content (AvgIpc) is 2.38. The molecule has 1 N–H and O–H groups in total. The molecule has 2 aliphatic carbocycles. The molecule has 0 bridgehead atoms. The van der Waals surface area contributed by atoms with Gasteiger partial charge in [0, 0.05) is 6.04 Å². The van der Waals surface area contributed by atoms with Gasteiger partial charge in [-0.3, -0.25) is 0 Å². The van der Waals surface area contributed by atoms with Crippen LogP contribution in [-0.2, 0) is 0 Å². The van der Waals surface area contributed by atoms with Crippen molar-refractivity contribution in [2.45, 2.75) is 77.2 Å². The quantitative estimate of drug-likeness (QED) is 0.741. The van der Waals surface area contributed by atoms with E-state index in [2.05, 4.69) is 12.2 Å². The Bertz CT molecular complexity index is 165. The van der Waals surface area contributed by atoms with Crippen molar-refractivity contribution in [3.05, 3.63) is 0 Å². The van der Waals surface area contributed by atoms with Crippen molar-refractivity contribution in [2.75, 3.05) is 6.54 Å². The van der Waals surface area contributed by atoms with E-state index in [0.29, 0.717) is 0 Å². The first-order valence-corrected chi connectivity index (χ1v) is 7.65. The minimum atomic E-state index is 0. The van der Waals surface area contributed by atoms with Gasteiger partial charge in [-0.1, -0.05) is 45.4 Å². The van der Waals surface area contributed by atoms with E-state index in [4.69, 9.17) is 0 Å². The lowest BCUT2D eigenvalue weighted by Crippen LogP contribution is -2.43. The molecule has 0 atom stereocenters. The van der Waals surface area contributed by atoms with Crippen LogP contribution in [0.3, 0.4) is 0 Å². The minimum Gasteiger partial charge on any atom is -0.314 e. The van der Waals surface area contributed by atoms with E-state index >= 15 is 0 Å². The van der Waals surface area contributed by atoms with Crippen molar-refractivity contribution in [3.63, 3.8) is 0 Å². The lowest BCUT2D eigenvalue weighted by molar-refractivity contribution is 0.174. The molecule has 0 unspecified atom stereocenters. The number of nitrogens with one attached hydrogen (secondary N) is 1. The summed E-state index contributed by atoms with van der Waals surface area (Å²) in [5, 5.41) is 3.82. The third-order valence-electron chi connectivity index (χ3n) is 4.76. The van der Waals surface area contributed by atoms with Gasteiger partial charge in [0.25, 0.3) is 0 Å². The smallest absolute Gasteiger partial charge is 0.0814 e. The highest BCUT2D eigenvalue weighted by Gasteiger charge is 2.30. The van der Waals surface area contributed by atoms with Crippen molar-refractivity contribution in [2.24, 2.45) is 11.8 Å². The molecule has 17 heavy (non-hydrogen) atoms. The van der Waals surface area contributed by atoms with Crippen LogP contribution < -0.4 is 5.32 Å². The Morgan fingerprint density at radius 2 is 1.24 bits per heavy atom. The van der Waals surface area contributed by atoms with Crippen molar-refractivity contribution in [1.82, 2.24) is 5.32 Å². The van der Waals surface area contributed by atoms with Crippen molar-refractivity contribution < 1.29 is 0 Å². The van der Waals surface area contributed by atoms with Gasteiger partial charge < -0.3 is 5.32 Å². The Morgan fingerprint density at radius 1 is 0.824 bits per heavy atom. The molecule has 0 aromatic heterocycles. The maximum atomic E-state index is 3.82. The van der Waals surface area contributed by atoms with Crippen LogP contribution in [0.4, 0.5) is 0 Å². The van der Waals surface area contributed by atoms with Crippen LogP contribution in [0.25, 0.3) is 0 Å². The molecule has 100 valence electrons. The molecular weight excluding hydrogens is 205 g/mol. The summed E-state index contributed by atoms with van der Waals surface area (Å²) in [6.07, 6.45) is 14.9. The fourth-order valence-corrected chi connectivity index (χ4v) is 3.94. The molecule has 0 heterocycles. The fraction of sp³-hybridized carbons (Fsp3) is 1.00. The monoisotopic (exact) mass is 237 g/mol. The summed E-state index contributed by atoms with van der Waals surface area (Å²) in [7, 11) is 0. The molecule has 0 aliphatic heterocycles. The maximum Gasteiger partial charge on any atom is 0.0814 e. The van der Waals surface area contributed by atoms with Crippen molar-refractivity contribution in [1.29, 1.82) is 0 Å². The first kappa shape index (κ1) is 15.1. The van der Waals surface area contributed by atoms with Crippen LogP contribution >= 0.6 is 0 Å². The summed E-state index contributed by atoms with van der Waals surface area (Å²) in [5.41, 5.74) is 0. The van der Waals surface area contributed by atoms with Gasteiger partial charge in [0.15, 0.2) is 0 Å². The third-order valence-corrected chi connectivity index (χ3v) is 4.76. The highest BCUT2D eigenvalue weighted by atomic mass is 14.9. The summed E-state index contributed by atoms with van der Waals surface area (Å²) in [6, 6.07) is 0.852. The number of hydrogen-bond acceptors (Lipinski definition) is 1. The standard InChI is InChI=1S/C15H29N.BH3/c1-2-16-15(13-9-5-3-6-10-13)14-11-7-4-8-12-14;/h13-16H,2-12H2,1H3;1H3. The van der Waals surface area contributed by atoms with Crippen molar-refractivity contribution >= 4 is 8.41 Å². The highest BCUT2D eigenvalue weighted by molar-refractivity contribution is 5.75. The Morgan fingerprint density at radius 3 is 1.59 bits per heavy atom. The van der Waals surface area contributed by atoms with Gasteiger partial charge in [0.2, 0.25) is 0 Å². The van der Waals surface area contributed by atoms with E-state index in [9.17, 15) is 0 Å². The number of rotatable bonds is 4. The van der Waals surface area contributed by atoms with Crippen molar-refractivity contribution in [3.8, 4) is 0 Å². The van der Waals surface area contributed by atoms with E-state index in [0.717, 1.165) is 24.4 Å².